The van der Waals surface area contributed by atoms with Gasteiger partial charge in [-0.25, -0.2) is 8.42 Å². The lowest BCUT2D eigenvalue weighted by molar-refractivity contribution is 0.0177. The number of hydrogen-bond donors (Lipinski definition) is 1. The zero-order valence-corrected chi connectivity index (χ0v) is 14.9. The molecule has 1 atom stereocenters. The fourth-order valence-electron chi connectivity index (χ4n) is 3.63. The quantitative estimate of drug-likeness (QED) is 0.867. The molecule has 1 saturated heterocycles. The van der Waals surface area contributed by atoms with Crippen LogP contribution < -0.4 is 5.32 Å². The molecule has 0 radical (unpaired) electrons. The van der Waals surface area contributed by atoms with E-state index in [9.17, 15) is 8.42 Å². The molecule has 124 valence electrons. The molecule has 1 aliphatic carbocycles. The van der Waals surface area contributed by atoms with Crippen LogP contribution >= 0.6 is 0 Å². The van der Waals surface area contributed by atoms with Crippen molar-refractivity contribution < 1.29 is 8.42 Å². The van der Waals surface area contributed by atoms with Crippen LogP contribution in [-0.2, 0) is 9.84 Å². The molecule has 0 aromatic rings. The molecule has 0 amide bonds. The van der Waals surface area contributed by atoms with E-state index in [0.717, 1.165) is 13.1 Å². The molecule has 1 unspecified atom stereocenters. The largest absolute Gasteiger partial charge is 0.311 e. The molecule has 1 heterocycles. The van der Waals surface area contributed by atoms with Gasteiger partial charge < -0.3 is 5.32 Å². The van der Waals surface area contributed by atoms with Crippen molar-refractivity contribution >= 4 is 9.84 Å². The lowest BCUT2D eigenvalue weighted by atomic mass is 9.78. The number of rotatable bonds is 3. The highest BCUT2D eigenvalue weighted by Gasteiger charge is 2.42. The smallest absolute Gasteiger partial charge is 0.156 e. The van der Waals surface area contributed by atoms with Crippen molar-refractivity contribution in [2.75, 3.05) is 25.4 Å². The second kappa shape index (κ2) is 6.17. The highest BCUT2D eigenvalue weighted by molar-refractivity contribution is 7.92. The molecular formula is C16H32N2O2S. The fraction of sp³-hybridized carbons (Fsp3) is 1.00. The van der Waals surface area contributed by atoms with Crippen molar-refractivity contribution in [3.05, 3.63) is 0 Å². The van der Waals surface area contributed by atoms with Gasteiger partial charge in [0.25, 0.3) is 0 Å². The minimum atomic E-state index is -3.03. The van der Waals surface area contributed by atoms with E-state index in [0.29, 0.717) is 12.6 Å². The summed E-state index contributed by atoms with van der Waals surface area (Å²) in [6, 6.07) is 0.454. The highest BCUT2D eigenvalue weighted by Crippen LogP contribution is 2.35. The van der Waals surface area contributed by atoms with Crippen LogP contribution in [0.5, 0.6) is 0 Å². The first kappa shape index (κ1) is 17.2. The number of nitrogens with one attached hydrogen (secondary N) is 1. The molecule has 2 aliphatic rings. The Balaban J connectivity index is 2.07. The van der Waals surface area contributed by atoms with Crippen molar-refractivity contribution in [2.45, 2.75) is 76.1 Å². The number of piperazine rings is 1. The average molecular weight is 317 g/mol. The molecule has 1 spiro atoms. The van der Waals surface area contributed by atoms with Gasteiger partial charge in [0.1, 0.15) is 0 Å². The van der Waals surface area contributed by atoms with Gasteiger partial charge in [-0.05, 0) is 40.5 Å². The molecule has 2 rings (SSSR count). The van der Waals surface area contributed by atoms with E-state index in [-0.39, 0.29) is 11.3 Å². The van der Waals surface area contributed by atoms with Crippen LogP contribution in [0, 0.1) is 0 Å². The van der Waals surface area contributed by atoms with Crippen molar-refractivity contribution in [1.82, 2.24) is 10.2 Å². The van der Waals surface area contributed by atoms with E-state index in [1.54, 1.807) is 20.8 Å². The van der Waals surface area contributed by atoms with Crippen LogP contribution in [-0.4, -0.2) is 55.0 Å². The van der Waals surface area contributed by atoms with E-state index in [2.05, 4.69) is 17.1 Å². The van der Waals surface area contributed by atoms with E-state index >= 15 is 0 Å². The molecule has 1 aliphatic heterocycles. The molecule has 5 heteroatoms. The van der Waals surface area contributed by atoms with Gasteiger partial charge in [-0.15, -0.1) is 0 Å². The molecule has 1 N–H and O–H groups in total. The van der Waals surface area contributed by atoms with Crippen LogP contribution in [0.15, 0.2) is 0 Å². The average Bonchev–Trinajstić information content (AvgIpc) is 2.40. The minimum Gasteiger partial charge on any atom is -0.311 e. The number of sulfone groups is 1. The standard InChI is InChI=1S/C16H32N2O2S/c1-14-12-18(10-11-21(19,20)15(2,3)4)16(13-17-14)8-6-5-7-9-16/h14,17H,5-13H2,1-4H3. The van der Waals surface area contributed by atoms with Gasteiger partial charge in [-0.1, -0.05) is 19.3 Å². The summed E-state index contributed by atoms with van der Waals surface area (Å²) in [4.78, 5) is 2.48. The summed E-state index contributed by atoms with van der Waals surface area (Å²) >= 11 is 0. The van der Waals surface area contributed by atoms with Crippen molar-refractivity contribution in [3.8, 4) is 0 Å². The molecule has 2 fully saturated rings. The van der Waals surface area contributed by atoms with Gasteiger partial charge in [0, 0.05) is 31.2 Å². The summed E-state index contributed by atoms with van der Waals surface area (Å²) < 4.78 is 24.2. The Morgan fingerprint density at radius 2 is 1.81 bits per heavy atom. The zero-order chi connectivity index (χ0) is 15.7. The molecule has 0 bridgehead atoms. The monoisotopic (exact) mass is 316 g/mol. The summed E-state index contributed by atoms with van der Waals surface area (Å²) in [5.41, 5.74) is 0.207. The Morgan fingerprint density at radius 1 is 1.19 bits per heavy atom. The van der Waals surface area contributed by atoms with E-state index in [1.807, 2.05) is 0 Å². The third kappa shape index (κ3) is 3.80. The van der Waals surface area contributed by atoms with E-state index in [4.69, 9.17) is 0 Å². The molecule has 0 aromatic carbocycles. The third-order valence-corrected chi connectivity index (χ3v) is 7.88. The maximum Gasteiger partial charge on any atom is 0.156 e. The zero-order valence-electron chi connectivity index (χ0n) is 14.1. The SMILES string of the molecule is CC1CN(CCS(=O)(=O)C(C)(C)C)C2(CCCCC2)CN1. The van der Waals surface area contributed by atoms with Crippen LogP contribution in [0.3, 0.4) is 0 Å². The summed E-state index contributed by atoms with van der Waals surface area (Å²) in [5, 5.41) is 3.61. The second-order valence-corrected chi connectivity index (χ2v) is 10.8. The van der Waals surface area contributed by atoms with Gasteiger partial charge in [0.2, 0.25) is 0 Å². The normalized spacial score (nSPS) is 27.9. The second-order valence-electron chi connectivity index (χ2n) is 7.94. The lowest BCUT2D eigenvalue weighted by Crippen LogP contribution is -2.65. The summed E-state index contributed by atoms with van der Waals surface area (Å²) in [5.74, 6) is 0.283. The molecule has 4 nitrogen and oxygen atoms in total. The first-order valence-corrected chi connectivity index (χ1v) is 10.0. The van der Waals surface area contributed by atoms with Gasteiger partial charge in [0.05, 0.1) is 10.5 Å². The van der Waals surface area contributed by atoms with Crippen LogP contribution in [0.25, 0.3) is 0 Å². The van der Waals surface area contributed by atoms with Crippen molar-refractivity contribution in [3.63, 3.8) is 0 Å². The van der Waals surface area contributed by atoms with Gasteiger partial charge in [-0.2, -0.15) is 0 Å². The van der Waals surface area contributed by atoms with E-state index < -0.39 is 14.6 Å². The molecular weight excluding hydrogens is 284 g/mol. The van der Waals surface area contributed by atoms with Crippen LogP contribution in [0.2, 0.25) is 0 Å². The van der Waals surface area contributed by atoms with Crippen molar-refractivity contribution in [2.24, 2.45) is 0 Å². The number of hydrogen-bond acceptors (Lipinski definition) is 4. The Morgan fingerprint density at radius 3 is 2.38 bits per heavy atom. The first-order valence-electron chi connectivity index (χ1n) is 8.37. The fourth-order valence-corrected chi connectivity index (χ4v) is 4.71. The predicted octanol–water partition coefficient (Wildman–Crippen LogP) is 2.20. The summed E-state index contributed by atoms with van der Waals surface area (Å²) in [7, 11) is -3.03. The number of nitrogens with zero attached hydrogens (tertiary/aromatic N) is 1. The van der Waals surface area contributed by atoms with Gasteiger partial charge in [-0.3, -0.25) is 4.90 Å². The minimum absolute atomic E-state index is 0.207. The summed E-state index contributed by atoms with van der Waals surface area (Å²) in [6.07, 6.45) is 6.30. The first-order chi connectivity index (χ1) is 9.66. The molecule has 21 heavy (non-hydrogen) atoms. The lowest BCUT2D eigenvalue weighted by Gasteiger charge is -2.51. The Kier molecular flexibility index (Phi) is 5.06. The van der Waals surface area contributed by atoms with Gasteiger partial charge in [0.15, 0.2) is 9.84 Å². The van der Waals surface area contributed by atoms with Gasteiger partial charge >= 0.3 is 0 Å². The Labute approximate surface area is 130 Å². The molecule has 1 saturated carbocycles. The maximum atomic E-state index is 12.4. The topological polar surface area (TPSA) is 49.4 Å². The predicted molar refractivity (Wildman–Crippen MR) is 88.4 cm³/mol. The Hall–Kier alpha value is -0.130. The highest BCUT2D eigenvalue weighted by atomic mass is 32.2. The summed E-state index contributed by atoms with van der Waals surface area (Å²) in [6.45, 7) is 10.3. The van der Waals surface area contributed by atoms with Crippen LogP contribution in [0.1, 0.15) is 59.8 Å². The van der Waals surface area contributed by atoms with Crippen LogP contribution in [0.4, 0.5) is 0 Å². The molecule has 0 aromatic heterocycles. The third-order valence-electron chi connectivity index (χ3n) is 5.29. The Bertz CT molecular complexity index is 447. The van der Waals surface area contributed by atoms with E-state index in [1.165, 1.54) is 32.1 Å². The maximum absolute atomic E-state index is 12.4. The van der Waals surface area contributed by atoms with Crippen molar-refractivity contribution in [1.29, 1.82) is 0 Å².